The van der Waals surface area contributed by atoms with Crippen molar-refractivity contribution in [1.29, 1.82) is 0 Å². The van der Waals surface area contributed by atoms with Crippen LogP contribution in [0.15, 0.2) is 48.8 Å². The van der Waals surface area contributed by atoms with E-state index in [2.05, 4.69) is 26.8 Å². The molecule has 0 atom stereocenters. The topological polar surface area (TPSA) is 119 Å². The summed E-state index contributed by atoms with van der Waals surface area (Å²) in [4.78, 5) is 17.3. The van der Waals surface area contributed by atoms with E-state index in [9.17, 15) is 9.90 Å². The summed E-state index contributed by atoms with van der Waals surface area (Å²) < 4.78 is 19.3. The van der Waals surface area contributed by atoms with Crippen molar-refractivity contribution in [2.75, 3.05) is 19.5 Å². The van der Waals surface area contributed by atoms with E-state index in [1.54, 1.807) is 22.8 Å². The third-order valence-electron chi connectivity index (χ3n) is 7.63. The average molecular weight is 558 g/mol. The number of amides is 1. The summed E-state index contributed by atoms with van der Waals surface area (Å²) in [6, 6.07) is 11.8. The molecule has 3 N–H and O–H groups in total. The fourth-order valence-corrected chi connectivity index (χ4v) is 5.27. The van der Waals surface area contributed by atoms with Crippen LogP contribution < -0.4 is 24.8 Å². The quantitative estimate of drug-likeness (QED) is 0.262. The molecule has 10 nitrogen and oxygen atoms in total. The average Bonchev–Trinajstić information content (AvgIpc) is 3.70. The fourth-order valence-electron chi connectivity index (χ4n) is 5.27. The number of benzene rings is 1. The molecule has 0 radical (unpaired) electrons. The van der Waals surface area contributed by atoms with E-state index < -0.39 is 0 Å². The number of hydrogen-bond acceptors (Lipinski definition) is 8. The van der Waals surface area contributed by atoms with Crippen LogP contribution in [0.25, 0.3) is 16.6 Å². The highest BCUT2D eigenvalue weighted by Crippen LogP contribution is 2.36. The van der Waals surface area contributed by atoms with Gasteiger partial charge in [0.2, 0.25) is 0 Å². The molecule has 2 fully saturated rings. The third kappa shape index (κ3) is 5.92. The van der Waals surface area contributed by atoms with Gasteiger partial charge < -0.3 is 30.0 Å². The molecule has 0 spiro atoms. The van der Waals surface area contributed by atoms with Crippen molar-refractivity contribution < 1.29 is 24.1 Å². The van der Waals surface area contributed by atoms with E-state index in [0.29, 0.717) is 28.6 Å². The number of nitrogens with one attached hydrogen (secondary N) is 2. The summed E-state index contributed by atoms with van der Waals surface area (Å²) in [5.41, 5.74) is 4.82. The molecule has 41 heavy (non-hydrogen) atoms. The number of pyridine rings is 2. The lowest BCUT2D eigenvalue weighted by Gasteiger charge is -2.27. The van der Waals surface area contributed by atoms with E-state index in [-0.39, 0.29) is 24.2 Å². The lowest BCUT2D eigenvalue weighted by Crippen LogP contribution is -2.26. The van der Waals surface area contributed by atoms with Gasteiger partial charge >= 0.3 is 0 Å². The SMILES string of the molecule is COc1cc(Nc2cc3cc(-c4cc(C)ncc4OC4CCC(O)CC4)ccn3n2)cc(OC)c1C(=O)NC1CC1. The lowest BCUT2D eigenvalue weighted by atomic mass is 9.95. The molecule has 0 aliphatic heterocycles. The molecule has 6 rings (SSSR count). The number of ether oxygens (including phenoxy) is 3. The van der Waals surface area contributed by atoms with Crippen molar-refractivity contribution in [2.45, 2.75) is 63.7 Å². The highest BCUT2D eigenvalue weighted by atomic mass is 16.5. The number of rotatable bonds is 9. The van der Waals surface area contributed by atoms with Gasteiger partial charge in [-0.25, -0.2) is 4.52 Å². The van der Waals surface area contributed by atoms with Crippen molar-refractivity contribution in [3.8, 4) is 28.4 Å². The van der Waals surface area contributed by atoms with E-state index in [4.69, 9.17) is 14.2 Å². The molecule has 2 saturated carbocycles. The first-order valence-corrected chi connectivity index (χ1v) is 14.0. The minimum absolute atomic E-state index is 0.0660. The highest BCUT2D eigenvalue weighted by molar-refractivity contribution is 6.01. The highest BCUT2D eigenvalue weighted by Gasteiger charge is 2.28. The molecule has 3 heterocycles. The molecule has 3 aromatic heterocycles. The molecule has 2 aliphatic carbocycles. The van der Waals surface area contributed by atoms with E-state index in [0.717, 1.165) is 66.6 Å². The number of hydrogen-bond donors (Lipinski definition) is 3. The molecular weight excluding hydrogens is 522 g/mol. The van der Waals surface area contributed by atoms with Crippen LogP contribution in [-0.4, -0.2) is 58.1 Å². The number of aryl methyl sites for hydroxylation is 1. The van der Waals surface area contributed by atoms with Crippen LogP contribution in [0.4, 0.5) is 11.5 Å². The summed E-state index contributed by atoms with van der Waals surface area (Å²) in [5, 5.41) is 20.9. The number of nitrogens with zero attached hydrogens (tertiary/aromatic N) is 3. The summed E-state index contributed by atoms with van der Waals surface area (Å²) in [6.07, 6.45) is 8.69. The maximum atomic E-state index is 12.8. The number of aliphatic hydroxyl groups excluding tert-OH is 1. The predicted octanol–water partition coefficient (Wildman–Crippen LogP) is 5.04. The predicted molar refractivity (Wildman–Crippen MR) is 155 cm³/mol. The van der Waals surface area contributed by atoms with Crippen LogP contribution >= 0.6 is 0 Å². The monoisotopic (exact) mass is 557 g/mol. The summed E-state index contributed by atoms with van der Waals surface area (Å²) >= 11 is 0. The molecule has 0 unspecified atom stereocenters. The first-order chi connectivity index (χ1) is 19.9. The fraction of sp³-hybridized carbons (Fsp3) is 0.387. The molecule has 10 heteroatoms. The van der Waals surface area contributed by atoms with Crippen LogP contribution in [0.5, 0.6) is 17.2 Å². The van der Waals surface area contributed by atoms with Gasteiger partial charge in [-0.15, -0.1) is 0 Å². The first kappa shape index (κ1) is 26.9. The number of aliphatic hydroxyl groups is 1. The number of methoxy groups -OCH3 is 2. The van der Waals surface area contributed by atoms with Gasteiger partial charge in [-0.2, -0.15) is 5.10 Å². The minimum Gasteiger partial charge on any atom is -0.496 e. The Bertz CT molecular complexity index is 1550. The zero-order valence-corrected chi connectivity index (χ0v) is 23.5. The number of carbonyl (C=O) groups is 1. The molecule has 2 aliphatic rings. The molecule has 0 bridgehead atoms. The largest absolute Gasteiger partial charge is 0.496 e. The van der Waals surface area contributed by atoms with Crippen LogP contribution in [0.3, 0.4) is 0 Å². The third-order valence-corrected chi connectivity index (χ3v) is 7.63. The molecule has 4 aromatic rings. The molecule has 1 aromatic carbocycles. The Kier molecular flexibility index (Phi) is 7.40. The number of carbonyl (C=O) groups excluding carboxylic acids is 1. The van der Waals surface area contributed by atoms with Gasteiger partial charge in [0.05, 0.1) is 38.1 Å². The van der Waals surface area contributed by atoms with Gasteiger partial charge in [0, 0.05) is 47.4 Å². The van der Waals surface area contributed by atoms with Crippen LogP contribution in [-0.2, 0) is 0 Å². The Morgan fingerprint density at radius 3 is 2.39 bits per heavy atom. The Balaban J connectivity index is 1.26. The van der Waals surface area contributed by atoms with E-state index in [1.165, 1.54) is 14.2 Å². The van der Waals surface area contributed by atoms with E-state index in [1.807, 2.05) is 31.3 Å². The lowest BCUT2D eigenvalue weighted by molar-refractivity contribution is 0.0667. The van der Waals surface area contributed by atoms with Crippen molar-refractivity contribution in [1.82, 2.24) is 19.9 Å². The van der Waals surface area contributed by atoms with Crippen LogP contribution in [0, 0.1) is 6.92 Å². The van der Waals surface area contributed by atoms with Crippen LogP contribution in [0.1, 0.15) is 54.6 Å². The van der Waals surface area contributed by atoms with Gasteiger partial charge in [-0.3, -0.25) is 9.78 Å². The zero-order valence-electron chi connectivity index (χ0n) is 23.5. The number of fused-ring (bicyclic) bond motifs is 1. The molecular formula is C31H35N5O5. The second-order valence-electron chi connectivity index (χ2n) is 10.8. The summed E-state index contributed by atoms with van der Waals surface area (Å²) in [7, 11) is 3.07. The maximum absolute atomic E-state index is 12.8. The van der Waals surface area contributed by atoms with E-state index >= 15 is 0 Å². The second kappa shape index (κ2) is 11.3. The number of anilines is 2. The smallest absolute Gasteiger partial charge is 0.259 e. The molecule has 0 saturated heterocycles. The normalized spacial score (nSPS) is 18.6. The van der Waals surface area contributed by atoms with Gasteiger partial charge in [0.15, 0.2) is 5.82 Å². The summed E-state index contributed by atoms with van der Waals surface area (Å²) in [6.45, 7) is 1.97. The molecule has 1 amide bonds. The first-order valence-electron chi connectivity index (χ1n) is 14.0. The Morgan fingerprint density at radius 2 is 1.71 bits per heavy atom. The Hall–Kier alpha value is -4.31. The Morgan fingerprint density at radius 1 is 0.976 bits per heavy atom. The second-order valence-corrected chi connectivity index (χ2v) is 10.8. The number of aromatic nitrogens is 3. The van der Waals surface area contributed by atoms with Crippen molar-refractivity contribution in [3.63, 3.8) is 0 Å². The van der Waals surface area contributed by atoms with Gasteiger partial charge in [-0.05, 0) is 69.2 Å². The minimum atomic E-state index is -0.232. The maximum Gasteiger partial charge on any atom is 0.259 e. The van der Waals surface area contributed by atoms with Gasteiger partial charge in [-0.1, -0.05) is 0 Å². The van der Waals surface area contributed by atoms with Crippen molar-refractivity contribution >= 4 is 22.9 Å². The zero-order chi connectivity index (χ0) is 28.5. The standard InChI is InChI=1S/C31H35N5O5/c1-18-12-25(28(17-32-18)41-24-8-6-23(37)7-9-24)19-10-11-36-22(13-19)16-29(35-36)33-21-14-26(39-2)30(27(15-21)40-3)31(38)34-20-4-5-20/h10-17,20,23-24,37H,4-9H2,1-3H3,(H,33,35)(H,34,38). The molecule has 214 valence electrons. The van der Waals surface area contributed by atoms with Gasteiger partial charge in [0.1, 0.15) is 22.8 Å². The Labute approximate surface area is 238 Å². The van der Waals surface area contributed by atoms with Crippen molar-refractivity contribution in [2.24, 2.45) is 0 Å². The van der Waals surface area contributed by atoms with Gasteiger partial charge in [0.25, 0.3) is 5.91 Å². The summed E-state index contributed by atoms with van der Waals surface area (Å²) in [5.74, 6) is 2.01. The van der Waals surface area contributed by atoms with Crippen LogP contribution in [0.2, 0.25) is 0 Å². The van der Waals surface area contributed by atoms with Crippen molar-refractivity contribution in [3.05, 3.63) is 60.0 Å².